The average molecular weight is 233 g/mol. The number of carbonyl (C=O) groups excluding carboxylic acids is 1. The molecule has 0 aromatic rings. The van der Waals surface area contributed by atoms with E-state index in [1.165, 1.54) is 25.7 Å². The number of likely N-dealkylation sites (tertiary alicyclic amines) is 1. The van der Waals surface area contributed by atoms with Crippen molar-refractivity contribution >= 4 is 18.3 Å². The van der Waals surface area contributed by atoms with Crippen molar-refractivity contribution in [2.24, 2.45) is 5.92 Å². The van der Waals surface area contributed by atoms with Crippen LogP contribution in [0, 0.1) is 5.92 Å². The monoisotopic (exact) mass is 232 g/mol. The molecule has 3 nitrogen and oxygen atoms in total. The van der Waals surface area contributed by atoms with E-state index in [4.69, 9.17) is 0 Å². The summed E-state index contributed by atoms with van der Waals surface area (Å²) in [4.78, 5) is 13.9. The van der Waals surface area contributed by atoms with Gasteiger partial charge in [0, 0.05) is 19.5 Å². The first-order valence-corrected chi connectivity index (χ1v) is 5.85. The first-order chi connectivity index (χ1) is 6.86. The van der Waals surface area contributed by atoms with Gasteiger partial charge < -0.3 is 10.2 Å². The molecule has 0 aliphatic carbocycles. The topological polar surface area (TPSA) is 32.3 Å². The normalized spacial score (nSPS) is 22.5. The van der Waals surface area contributed by atoms with Gasteiger partial charge in [-0.2, -0.15) is 0 Å². The van der Waals surface area contributed by atoms with Crippen LogP contribution >= 0.6 is 12.4 Å². The number of halogens is 1. The van der Waals surface area contributed by atoms with Gasteiger partial charge in [-0.05, 0) is 44.7 Å². The molecule has 0 unspecified atom stereocenters. The highest BCUT2D eigenvalue weighted by Crippen LogP contribution is 2.19. The van der Waals surface area contributed by atoms with E-state index >= 15 is 0 Å². The second-order valence-electron chi connectivity index (χ2n) is 4.49. The lowest BCUT2D eigenvalue weighted by molar-refractivity contribution is -0.131. The molecule has 2 fully saturated rings. The summed E-state index contributed by atoms with van der Waals surface area (Å²) in [6, 6.07) is 0. The van der Waals surface area contributed by atoms with Crippen LogP contribution < -0.4 is 5.32 Å². The molecule has 4 heteroatoms. The summed E-state index contributed by atoms with van der Waals surface area (Å²) in [6.07, 6.45) is 5.57. The fraction of sp³-hybridized carbons (Fsp3) is 0.909. The maximum atomic E-state index is 11.8. The van der Waals surface area contributed by atoms with E-state index in [9.17, 15) is 4.79 Å². The summed E-state index contributed by atoms with van der Waals surface area (Å²) in [7, 11) is 0. The molecule has 88 valence electrons. The zero-order chi connectivity index (χ0) is 9.80. The van der Waals surface area contributed by atoms with E-state index < -0.39 is 0 Å². The molecule has 2 saturated heterocycles. The Kier molecular flexibility index (Phi) is 5.40. The fourth-order valence-electron chi connectivity index (χ4n) is 2.43. The third-order valence-corrected chi connectivity index (χ3v) is 3.38. The molecule has 0 bridgehead atoms. The molecule has 0 radical (unpaired) electrons. The van der Waals surface area contributed by atoms with Crippen molar-refractivity contribution in [3.8, 4) is 0 Å². The lowest BCUT2D eigenvalue weighted by atomic mass is 9.94. The van der Waals surface area contributed by atoms with Gasteiger partial charge in [-0.25, -0.2) is 0 Å². The van der Waals surface area contributed by atoms with E-state index in [1.807, 2.05) is 4.90 Å². The molecule has 2 heterocycles. The Bertz CT molecular complexity index is 199. The molecule has 1 N–H and O–H groups in total. The second-order valence-corrected chi connectivity index (χ2v) is 4.49. The van der Waals surface area contributed by atoms with Crippen molar-refractivity contribution in [2.45, 2.75) is 32.1 Å². The van der Waals surface area contributed by atoms with Crippen molar-refractivity contribution in [1.82, 2.24) is 10.2 Å². The van der Waals surface area contributed by atoms with E-state index in [0.717, 1.165) is 32.6 Å². The van der Waals surface area contributed by atoms with Crippen LogP contribution in [-0.4, -0.2) is 37.0 Å². The van der Waals surface area contributed by atoms with Crippen LogP contribution in [0.15, 0.2) is 0 Å². The molecule has 1 amide bonds. The highest BCUT2D eigenvalue weighted by molar-refractivity contribution is 5.85. The first-order valence-electron chi connectivity index (χ1n) is 5.85. The molecule has 0 atom stereocenters. The Morgan fingerprint density at radius 3 is 2.40 bits per heavy atom. The van der Waals surface area contributed by atoms with Crippen LogP contribution in [0.3, 0.4) is 0 Å². The summed E-state index contributed by atoms with van der Waals surface area (Å²) in [5, 5.41) is 3.33. The van der Waals surface area contributed by atoms with Crippen molar-refractivity contribution in [3.05, 3.63) is 0 Å². The van der Waals surface area contributed by atoms with E-state index in [1.54, 1.807) is 0 Å². The third-order valence-electron chi connectivity index (χ3n) is 3.38. The van der Waals surface area contributed by atoms with Crippen LogP contribution in [0.2, 0.25) is 0 Å². The number of rotatable bonds is 2. The van der Waals surface area contributed by atoms with Gasteiger partial charge in [-0.15, -0.1) is 12.4 Å². The largest absolute Gasteiger partial charge is 0.343 e. The van der Waals surface area contributed by atoms with Crippen molar-refractivity contribution in [3.63, 3.8) is 0 Å². The summed E-state index contributed by atoms with van der Waals surface area (Å²) in [5.41, 5.74) is 0. The quantitative estimate of drug-likeness (QED) is 0.781. The number of hydrogen-bond acceptors (Lipinski definition) is 2. The second kappa shape index (κ2) is 6.33. The fourth-order valence-corrected chi connectivity index (χ4v) is 2.43. The summed E-state index contributed by atoms with van der Waals surface area (Å²) >= 11 is 0. The standard InChI is InChI=1S/C11H20N2O.ClH/c14-11(13-7-1-2-8-13)9-10-3-5-12-6-4-10;/h10,12H,1-9H2;1H. The predicted octanol–water partition coefficient (Wildman–Crippen LogP) is 1.42. The molecule has 2 aliphatic rings. The summed E-state index contributed by atoms with van der Waals surface area (Å²) in [5.74, 6) is 1.04. The number of nitrogens with one attached hydrogen (secondary N) is 1. The number of amides is 1. The van der Waals surface area contributed by atoms with Gasteiger partial charge >= 0.3 is 0 Å². The van der Waals surface area contributed by atoms with Crippen molar-refractivity contribution in [2.75, 3.05) is 26.2 Å². The number of piperidine rings is 1. The molecular formula is C11H21ClN2O. The van der Waals surface area contributed by atoms with Crippen LogP contribution in [0.5, 0.6) is 0 Å². The molecule has 0 saturated carbocycles. The van der Waals surface area contributed by atoms with Crippen molar-refractivity contribution < 1.29 is 4.79 Å². The lowest BCUT2D eigenvalue weighted by Gasteiger charge is -2.24. The van der Waals surface area contributed by atoms with E-state index in [-0.39, 0.29) is 12.4 Å². The Balaban J connectivity index is 0.00000112. The smallest absolute Gasteiger partial charge is 0.222 e. The SMILES string of the molecule is Cl.O=C(CC1CCNCC1)N1CCCC1. The Morgan fingerprint density at radius 1 is 1.20 bits per heavy atom. The Labute approximate surface area is 98.0 Å². The minimum Gasteiger partial charge on any atom is -0.343 e. The van der Waals surface area contributed by atoms with E-state index in [2.05, 4.69) is 5.32 Å². The third kappa shape index (κ3) is 3.65. The van der Waals surface area contributed by atoms with Gasteiger partial charge in [0.2, 0.25) is 5.91 Å². The van der Waals surface area contributed by atoms with Gasteiger partial charge in [-0.1, -0.05) is 0 Å². The summed E-state index contributed by atoms with van der Waals surface area (Å²) in [6.45, 7) is 4.20. The van der Waals surface area contributed by atoms with Crippen LogP contribution in [0.1, 0.15) is 32.1 Å². The van der Waals surface area contributed by atoms with E-state index in [0.29, 0.717) is 11.8 Å². The van der Waals surface area contributed by atoms with Gasteiger partial charge in [0.25, 0.3) is 0 Å². The van der Waals surface area contributed by atoms with Crippen LogP contribution in [0.25, 0.3) is 0 Å². The average Bonchev–Trinajstić information content (AvgIpc) is 2.72. The van der Waals surface area contributed by atoms with Crippen LogP contribution in [-0.2, 0) is 4.79 Å². The highest BCUT2D eigenvalue weighted by atomic mass is 35.5. The minimum atomic E-state index is 0. The maximum absolute atomic E-state index is 11.8. The Hall–Kier alpha value is -0.280. The highest BCUT2D eigenvalue weighted by Gasteiger charge is 2.22. The zero-order valence-electron chi connectivity index (χ0n) is 9.21. The van der Waals surface area contributed by atoms with Crippen molar-refractivity contribution in [1.29, 1.82) is 0 Å². The molecule has 0 spiro atoms. The summed E-state index contributed by atoms with van der Waals surface area (Å²) < 4.78 is 0. The van der Waals surface area contributed by atoms with Gasteiger partial charge in [0.1, 0.15) is 0 Å². The molecule has 0 aromatic carbocycles. The minimum absolute atomic E-state index is 0. The lowest BCUT2D eigenvalue weighted by Crippen LogP contribution is -2.33. The molecule has 0 aromatic heterocycles. The molecule has 15 heavy (non-hydrogen) atoms. The molecule has 2 rings (SSSR count). The number of nitrogens with zero attached hydrogens (tertiary/aromatic N) is 1. The molecular weight excluding hydrogens is 212 g/mol. The van der Waals surface area contributed by atoms with Gasteiger partial charge in [-0.3, -0.25) is 4.79 Å². The number of carbonyl (C=O) groups is 1. The molecule has 2 aliphatic heterocycles. The Morgan fingerprint density at radius 2 is 1.80 bits per heavy atom. The first kappa shape index (κ1) is 12.8. The number of hydrogen-bond donors (Lipinski definition) is 1. The van der Waals surface area contributed by atoms with Crippen LogP contribution in [0.4, 0.5) is 0 Å². The van der Waals surface area contributed by atoms with Gasteiger partial charge in [0.05, 0.1) is 0 Å². The maximum Gasteiger partial charge on any atom is 0.222 e. The predicted molar refractivity (Wildman–Crippen MR) is 63.3 cm³/mol. The zero-order valence-corrected chi connectivity index (χ0v) is 10.0. The van der Waals surface area contributed by atoms with Gasteiger partial charge in [0.15, 0.2) is 0 Å².